The zero-order chi connectivity index (χ0) is 19.4. The van der Waals surface area contributed by atoms with E-state index in [1.165, 1.54) is 6.07 Å². The number of carbonyl (C=O) groups is 1. The summed E-state index contributed by atoms with van der Waals surface area (Å²) in [6.45, 7) is 5.13. The Kier molecular flexibility index (Phi) is 5.30. The molecule has 3 rings (SSSR count). The molecule has 138 valence electrons. The minimum Gasteiger partial charge on any atom is -0.485 e. The van der Waals surface area contributed by atoms with Gasteiger partial charge in [0.05, 0.1) is 28.2 Å². The Morgan fingerprint density at radius 2 is 2.04 bits per heavy atom. The number of nitro groups is 1. The van der Waals surface area contributed by atoms with Crippen LogP contribution in [-0.4, -0.2) is 23.2 Å². The second kappa shape index (κ2) is 7.82. The van der Waals surface area contributed by atoms with Gasteiger partial charge in [0, 0.05) is 24.1 Å². The third kappa shape index (κ3) is 4.38. The molecule has 27 heavy (non-hydrogen) atoms. The predicted molar refractivity (Wildman–Crippen MR) is 102 cm³/mol. The summed E-state index contributed by atoms with van der Waals surface area (Å²) >= 11 is 0. The number of aliphatic imine (C=N–C) groups is 1. The molecule has 0 aliphatic carbocycles. The molecule has 0 bridgehead atoms. The van der Waals surface area contributed by atoms with Gasteiger partial charge in [-0.25, -0.2) is 0 Å². The van der Waals surface area contributed by atoms with E-state index in [2.05, 4.69) is 11.6 Å². The number of esters is 1. The largest absolute Gasteiger partial charge is 0.485 e. The highest BCUT2D eigenvalue weighted by atomic mass is 16.6. The number of hydrogen-bond donors (Lipinski definition) is 0. The molecule has 0 radical (unpaired) electrons. The third-order valence-corrected chi connectivity index (χ3v) is 3.92. The van der Waals surface area contributed by atoms with Crippen LogP contribution in [0.5, 0.6) is 5.75 Å². The highest BCUT2D eigenvalue weighted by Gasteiger charge is 2.19. The fourth-order valence-corrected chi connectivity index (χ4v) is 2.85. The van der Waals surface area contributed by atoms with Crippen molar-refractivity contribution in [3.63, 3.8) is 0 Å². The SMILES string of the molecule is C=C(C)OC(=O)CC1=CC(Oc2ccc([N+](=O)[O-])c3ccccc23)CC=N1. The number of carbonyl (C=O) groups excluding carboxylic acids is 1. The van der Waals surface area contributed by atoms with Gasteiger partial charge >= 0.3 is 5.97 Å². The number of allylic oxidation sites excluding steroid dienone is 1. The summed E-state index contributed by atoms with van der Waals surface area (Å²) in [5.41, 5.74) is 0.575. The molecule has 7 heteroatoms. The second-order valence-electron chi connectivity index (χ2n) is 6.10. The van der Waals surface area contributed by atoms with Crippen LogP contribution in [-0.2, 0) is 9.53 Å². The molecule has 2 aromatic rings. The molecule has 0 amide bonds. The quantitative estimate of drug-likeness (QED) is 0.329. The van der Waals surface area contributed by atoms with Crippen molar-refractivity contribution < 1.29 is 19.2 Å². The Hall–Kier alpha value is -3.48. The van der Waals surface area contributed by atoms with Crippen molar-refractivity contribution in [3.8, 4) is 5.75 Å². The Balaban J connectivity index is 1.82. The first kappa shape index (κ1) is 18.3. The maximum absolute atomic E-state index is 11.8. The molecule has 0 saturated carbocycles. The lowest BCUT2D eigenvalue weighted by Gasteiger charge is -2.19. The molecule has 0 N–H and O–H groups in total. The first-order valence-corrected chi connectivity index (χ1v) is 8.36. The van der Waals surface area contributed by atoms with E-state index in [0.29, 0.717) is 34.4 Å². The number of rotatable bonds is 6. The maximum Gasteiger partial charge on any atom is 0.316 e. The summed E-state index contributed by atoms with van der Waals surface area (Å²) in [5.74, 6) is 0.425. The third-order valence-electron chi connectivity index (χ3n) is 3.92. The van der Waals surface area contributed by atoms with Gasteiger partial charge in [-0.2, -0.15) is 0 Å². The van der Waals surface area contributed by atoms with Gasteiger partial charge in [0.2, 0.25) is 0 Å². The Bertz CT molecular complexity index is 977. The van der Waals surface area contributed by atoms with Crippen molar-refractivity contribution in [2.24, 2.45) is 4.99 Å². The highest BCUT2D eigenvalue weighted by molar-refractivity contribution is 5.95. The first-order chi connectivity index (χ1) is 12.9. The fraction of sp³-hybridized carbons (Fsp3) is 0.200. The Labute approximate surface area is 155 Å². The van der Waals surface area contributed by atoms with Gasteiger partial charge in [-0.1, -0.05) is 24.8 Å². The summed E-state index contributed by atoms with van der Waals surface area (Å²) in [4.78, 5) is 26.8. The molecule has 1 heterocycles. The van der Waals surface area contributed by atoms with Crippen molar-refractivity contribution >= 4 is 28.6 Å². The second-order valence-corrected chi connectivity index (χ2v) is 6.10. The van der Waals surface area contributed by atoms with Gasteiger partial charge in [-0.05, 0) is 25.1 Å². The highest BCUT2D eigenvalue weighted by Crippen LogP contribution is 2.34. The Morgan fingerprint density at radius 3 is 2.74 bits per heavy atom. The van der Waals surface area contributed by atoms with Crippen LogP contribution in [0, 0.1) is 10.1 Å². The topological polar surface area (TPSA) is 91.0 Å². The number of nitrogens with zero attached hydrogens (tertiary/aromatic N) is 2. The summed E-state index contributed by atoms with van der Waals surface area (Å²) < 4.78 is 11.0. The molecular formula is C20H18N2O5. The first-order valence-electron chi connectivity index (χ1n) is 8.36. The zero-order valence-electron chi connectivity index (χ0n) is 14.8. The molecule has 0 aromatic heterocycles. The summed E-state index contributed by atoms with van der Waals surface area (Å²) in [6.07, 6.45) is 3.66. The molecule has 7 nitrogen and oxygen atoms in total. The van der Waals surface area contributed by atoms with Crippen LogP contribution in [0.3, 0.4) is 0 Å². The number of fused-ring (bicyclic) bond motifs is 1. The lowest BCUT2D eigenvalue weighted by atomic mass is 10.1. The zero-order valence-corrected chi connectivity index (χ0v) is 14.8. The number of ether oxygens (including phenoxy) is 2. The molecule has 1 aliphatic rings. The number of benzene rings is 2. The minimum absolute atomic E-state index is 0.0181. The van der Waals surface area contributed by atoms with Crippen LogP contribution in [0.2, 0.25) is 0 Å². The number of non-ortho nitro benzene ring substituents is 1. The van der Waals surface area contributed by atoms with Crippen molar-refractivity contribution in [1.29, 1.82) is 0 Å². The number of nitro benzene ring substituents is 1. The van der Waals surface area contributed by atoms with Crippen LogP contribution in [0.1, 0.15) is 19.8 Å². The molecule has 1 aliphatic heterocycles. The van der Waals surface area contributed by atoms with E-state index in [1.54, 1.807) is 49.5 Å². The monoisotopic (exact) mass is 366 g/mol. The molecule has 0 saturated heterocycles. The minimum atomic E-state index is -0.438. The van der Waals surface area contributed by atoms with Gasteiger partial charge in [-0.3, -0.25) is 19.9 Å². The van der Waals surface area contributed by atoms with Gasteiger partial charge in [-0.15, -0.1) is 0 Å². The predicted octanol–water partition coefficient (Wildman–Crippen LogP) is 4.32. The van der Waals surface area contributed by atoms with Gasteiger partial charge < -0.3 is 9.47 Å². The smallest absolute Gasteiger partial charge is 0.316 e. The molecule has 0 fully saturated rings. The standard InChI is InChI=1S/C20H18N2O5/c1-13(2)26-20(23)12-14-11-15(9-10-21-14)27-19-8-7-18(22(24)25)16-5-3-4-6-17(16)19/h3-8,10-11,15H,1,9,12H2,2H3. The van der Waals surface area contributed by atoms with E-state index in [1.807, 2.05) is 0 Å². The Morgan fingerprint density at radius 1 is 1.30 bits per heavy atom. The van der Waals surface area contributed by atoms with Crippen molar-refractivity contribution in [2.45, 2.75) is 25.9 Å². The van der Waals surface area contributed by atoms with Gasteiger partial charge in [0.15, 0.2) is 0 Å². The average molecular weight is 366 g/mol. The van der Waals surface area contributed by atoms with Crippen LogP contribution in [0.4, 0.5) is 5.69 Å². The molecule has 2 aromatic carbocycles. The summed E-state index contributed by atoms with van der Waals surface area (Å²) in [7, 11) is 0. The molecule has 0 spiro atoms. The normalized spacial score (nSPS) is 15.9. The number of hydrogen-bond acceptors (Lipinski definition) is 6. The van der Waals surface area contributed by atoms with E-state index >= 15 is 0 Å². The van der Waals surface area contributed by atoms with Crippen LogP contribution in [0.25, 0.3) is 10.8 Å². The van der Waals surface area contributed by atoms with Crippen molar-refractivity contribution in [2.75, 3.05) is 0 Å². The van der Waals surface area contributed by atoms with Gasteiger partial charge in [0.25, 0.3) is 5.69 Å². The van der Waals surface area contributed by atoms with E-state index in [-0.39, 0.29) is 18.2 Å². The molecular weight excluding hydrogens is 348 g/mol. The summed E-state index contributed by atoms with van der Waals surface area (Å²) in [6, 6.07) is 10.0. The van der Waals surface area contributed by atoms with Crippen molar-refractivity contribution in [1.82, 2.24) is 0 Å². The molecule has 1 atom stereocenters. The van der Waals surface area contributed by atoms with Crippen molar-refractivity contribution in [3.05, 3.63) is 70.6 Å². The summed E-state index contributed by atoms with van der Waals surface area (Å²) in [5, 5.41) is 12.4. The van der Waals surface area contributed by atoms with E-state index in [9.17, 15) is 14.9 Å². The fourth-order valence-electron chi connectivity index (χ4n) is 2.85. The van der Waals surface area contributed by atoms with E-state index in [4.69, 9.17) is 9.47 Å². The van der Waals surface area contributed by atoms with Crippen LogP contribution in [0.15, 0.2) is 65.5 Å². The maximum atomic E-state index is 11.8. The lowest BCUT2D eigenvalue weighted by molar-refractivity contribution is -0.383. The lowest BCUT2D eigenvalue weighted by Crippen LogP contribution is -2.18. The van der Waals surface area contributed by atoms with E-state index < -0.39 is 10.9 Å². The molecule has 1 unspecified atom stereocenters. The van der Waals surface area contributed by atoms with Crippen LogP contribution < -0.4 is 4.74 Å². The van der Waals surface area contributed by atoms with Gasteiger partial charge in [0.1, 0.15) is 11.9 Å². The average Bonchev–Trinajstić information content (AvgIpc) is 2.61. The van der Waals surface area contributed by atoms with E-state index in [0.717, 1.165) is 0 Å². The van der Waals surface area contributed by atoms with Crippen LogP contribution >= 0.6 is 0 Å².